The zero-order valence-corrected chi connectivity index (χ0v) is 15.2. The first kappa shape index (κ1) is 18.2. The van der Waals surface area contributed by atoms with Gasteiger partial charge in [0.1, 0.15) is 12.1 Å². The number of nitrogens with zero attached hydrogens (tertiary/aromatic N) is 2. The molecule has 3 aliphatic rings. The average Bonchev–Trinajstić information content (AvgIpc) is 3.32. The average molecular weight is 350 g/mol. The highest BCUT2D eigenvalue weighted by atomic mass is 16.2. The molecule has 25 heavy (non-hydrogen) atoms. The number of likely N-dealkylation sites (tertiary alicyclic amines) is 2. The molecule has 0 unspecified atom stereocenters. The van der Waals surface area contributed by atoms with Gasteiger partial charge >= 0.3 is 0 Å². The van der Waals surface area contributed by atoms with Crippen LogP contribution in [-0.4, -0.2) is 65.3 Å². The van der Waals surface area contributed by atoms with E-state index in [1.807, 2.05) is 0 Å². The van der Waals surface area contributed by atoms with E-state index in [0.717, 1.165) is 32.2 Å². The van der Waals surface area contributed by atoms with E-state index >= 15 is 0 Å². The second-order valence-electron chi connectivity index (χ2n) is 7.91. The van der Waals surface area contributed by atoms with Crippen molar-refractivity contribution in [3.05, 3.63) is 0 Å². The zero-order valence-electron chi connectivity index (χ0n) is 15.2. The van der Waals surface area contributed by atoms with E-state index in [1.54, 1.807) is 9.80 Å². The van der Waals surface area contributed by atoms with Crippen LogP contribution in [0.4, 0.5) is 0 Å². The second-order valence-corrected chi connectivity index (χ2v) is 7.91. The van der Waals surface area contributed by atoms with Gasteiger partial charge in [0.15, 0.2) is 0 Å². The van der Waals surface area contributed by atoms with Crippen molar-refractivity contribution < 1.29 is 14.4 Å². The number of nitrogens with one attached hydrogen (secondary N) is 1. The van der Waals surface area contributed by atoms with Gasteiger partial charge in [-0.15, -0.1) is 0 Å². The van der Waals surface area contributed by atoms with Crippen molar-refractivity contribution in [1.82, 2.24) is 15.1 Å². The molecule has 0 aromatic rings. The molecule has 7 heteroatoms. The quantitative estimate of drug-likeness (QED) is 0.751. The van der Waals surface area contributed by atoms with Crippen molar-refractivity contribution in [2.75, 3.05) is 19.6 Å². The molecular formula is C18H30N4O3. The maximum Gasteiger partial charge on any atom is 0.246 e. The maximum atomic E-state index is 13.3. The van der Waals surface area contributed by atoms with Crippen LogP contribution in [0.2, 0.25) is 0 Å². The summed E-state index contributed by atoms with van der Waals surface area (Å²) in [6.45, 7) is 6.22. The SMILES string of the molecule is CC(C)[C@@H]1CCN(C(=O)[C@@H]2CCCN2)[C@@H]1C(=O)N1CCC[C@H]1C(N)=O. The summed E-state index contributed by atoms with van der Waals surface area (Å²) < 4.78 is 0. The van der Waals surface area contributed by atoms with Crippen molar-refractivity contribution in [2.45, 2.75) is 64.1 Å². The monoisotopic (exact) mass is 350 g/mol. The summed E-state index contributed by atoms with van der Waals surface area (Å²) in [5, 5.41) is 3.24. The Bertz CT molecular complexity index is 544. The fourth-order valence-electron chi connectivity index (χ4n) is 4.67. The van der Waals surface area contributed by atoms with Crippen LogP contribution in [0, 0.1) is 11.8 Å². The summed E-state index contributed by atoms with van der Waals surface area (Å²) >= 11 is 0. The number of carbonyl (C=O) groups is 3. The first-order valence-electron chi connectivity index (χ1n) is 9.55. The molecule has 140 valence electrons. The minimum absolute atomic E-state index is 0.0359. The van der Waals surface area contributed by atoms with Crippen molar-refractivity contribution in [3.63, 3.8) is 0 Å². The first-order valence-corrected chi connectivity index (χ1v) is 9.55. The molecule has 0 aromatic carbocycles. The lowest BCUT2D eigenvalue weighted by molar-refractivity contribution is -0.148. The highest BCUT2D eigenvalue weighted by Gasteiger charge is 2.48. The Hall–Kier alpha value is -1.63. The molecule has 0 bridgehead atoms. The van der Waals surface area contributed by atoms with Crippen molar-refractivity contribution in [2.24, 2.45) is 17.6 Å². The fraction of sp³-hybridized carbons (Fsp3) is 0.833. The minimum Gasteiger partial charge on any atom is -0.368 e. The molecule has 3 heterocycles. The molecule has 0 radical (unpaired) electrons. The smallest absolute Gasteiger partial charge is 0.246 e. The van der Waals surface area contributed by atoms with Gasteiger partial charge < -0.3 is 20.9 Å². The minimum atomic E-state index is -0.525. The lowest BCUT2D eigenvalue weighted by Crippen LogP contribution is -2.56. The van der Waals surface area contributed by atoms with E-state index < -0.39 is 18.0 Å². The van der Waals surface area contributed by atoms with Gasteiger partial charge in [0, 0.05) is 13.1 Å². The Morgan fingerprint density at radius 2 is 1.76 bits per heavy atom. The summed E-state index contributed by atoms with van der Waals surface area (Å²) in [6.07, 6.45) is 4.07. The normalized spacial score (nSPS) is 32.6. The Labute approximate surface area is 149 Å². The molecule has 0 aliphatic carbocycles. The molecule has 3 fully saturated rings. The molecule has 4 atom stereocenters. The predicted molar refractivity (Wildman–Crippen MR) is 93.4 cm³/mol. The third-order valence-corrected chi connectivity index (χ3v) is 6.06. The standard InChI is InChI=1S/C18H30N4O3/c1-11(2)12-7-10-22(17(24)13-5-3-8-20-13)15(12)18(25)21-9-4-6-14(21)16(19)23/h11-15,20H,3-10H2,1-2H3,(H2,19,23)/t12-,13-,14-,15-/m0/s1. The zero-order chi connectivity index (χ0) is 18.1. The number of amides is 3. The molecule has 0 spiro atoms. The number of nitrogens with two attached hydrogens (primary N) is 1. The summed E-state index contributed by atoms with van der Waals surface area (Å²) in [6, 6.07) is -1.16. The van der Waals surface area contributed by atoms with E-state index in [2.05, 4.69) is 19.2 Å². The Balaban J connectivity index is 1.83. The highest BCUT2D eigenvalue weighted by Crippen LogP contribution is 2.34. The largest absolute Gasteiger partial charge is 0.368 e. The van der Waals surface area contributed by atoms with Gasteiger partial charge in [0.2, 0.25) is 17.7 Å². The van der Waals surface area contributed by atoms with Crippen LogP contribution in [0.1, 0.15) is 46.0 Å². The lowest BCUT2D eigenvalue weighted by Gasteiger charge is -2.35. The van der Waals surface area contributed by atoms with Gasteiger partial charge in [-0.1, -0.05) is 13.8 Å². The molecule has 3 saturated heterocycles. The molecule has 3 rings (SSSR count). The molecule has 0 aromatic heterocycles. The van der Waals surface area contributed by atoms with Crippen LogP contribution in [0.25, 0.3) is 0 Å². The number of primary amides is 1. The second kappa shape index (κ2) is 7.32. The van der Waals surface area contributed by atoms with E-state index in [-0.39, 0.29) is 23.8 Å². The number of rotatable bonds is 4. The van der Waals surface area contributed by atoms with E-state index in [4.69, 9.17) is 5.73 Å². The van der Waals surface area contributed by atoms with Gasteiger partial charge in [-0.05, 0) is 50.5 Å². The number of hydrogen-bond donors (Lipinski definition) is 2. The number of carbonyl (C=O) groups excluding carboxylic acids is 3. The summed E-state index contributed by atoms with van der Waals surface area (Å²) in [5.74, 6) is -0.0668. The van der Waals surface area contributed by atoms with E-state index in [1.165, 1.54) is 0 Å². The molecule has 0 saturated carbocycles. The van der Waals surface area contributed by atoms with Gasteiger partial charge in [-0.25, -0.2) is 0 Å². The van der Waals surface area contributed by atoms with Crippen LogP contribution in [0.5, 0.6) is 0 Å². The summed E-state index contributed by atoms with van der Waals surface area (Å²) in [4.78, 5) is 41.4. The fourth-order valence-corrected chi connectivity index (χ4v) is 4.67. The van der Waals surface area contributed by atoms with Crippen molar-refractivity contribution >= 4 is 17.7 Å². The maximum absolute atomic E-state index is 13.3. The lowest BCUT2D eigenvalue weighted by atomic mass is 9.87. The first-order chi connectivity index (χ1) is 11.9. The van der Waals surface area contributed by atoms with Gasteiger partial charge in [0.05, 0.1) is 6.04 Å². The van der Waals surface area contributed by atoms with Crippen LogP contribution in [-0.2, 0) is 14.4 Å². The Kier molecular flexibility index (Phi) is 5.32. The Morgan fingerprint density at radius 1 is 1.00 bits per heavy atom. The summed E-state index contributed by atoms with van der Waals surface area (Å²) in [7, 11) is 0. The third kappa shape index (κ3) is 3.38. The van der Waals surface area contributed by atoms with E-state index in [0.29, 0.717) is 25.4 Å². The van der Waals surface area contributed by atoms with Gasteiger partial charge in [-0.3, -0.25) is 14.4 Å². The number of hydrogen-bond acceptors (Lipinski definition) is 4. The van der Waals surface area contributed by atoms with Crippen LogP contribution in [0.3, 0.4) is 0 Å². The predicted octanol–water partition coefficient (Wildman–Crippen LogP) is 0.0878. The summed E-state index contributed by atoms with van der Waals surface area (Å²) in [5.41, 5.74) is 5.49. The molecule has 7 nitrogen and oxygen atoms in total. The molecule has 3 aliphatic heterocycles. The van der Waals surface area contributed by atoms with Crippen LogP contribution in [0.15, 0.2) is 0 Å². The van der Waals surface area contributed by atoms with Crippen molar-refractivity contribution in [3.8, 4) is 0 Å². The van der Waals surface area contributed by atoms with Crippen molar-refractivity contribution in [1.29, 1.82) is 0 Å². The molecular weight excluding hydrogens is 320 g/mol. The van der Waals surface area contributed by atoms with Gasteiger partial charge in [0.25, 0.3) is 0 Å². The van der Waals surface area contributed by atoms with Crippen LogP contribution >= 0.6 is 0 Å². The Morgan fingerprint density at radius 3 is 2.36 bits per heavy atom. The molecule has 3 amide bonds. The highest BCUT2D eigenvalue weighted by molar-refractivity contribution is 5.93. The molecule has 3 N–H and O–H groups in total. The third-order valence-electron chi connectivity index (χ3n) is 6.06. The van der Waals surface area contributed by atoms with Gasteiger partial charge in [-0.2, -0.15) is 0 Å². The topological polar surface area (TPSA) is 95.7 Å². The van der Waals surface area contributed by atoms with E-state index in [9.17, 15) is 14.4 Å². The van der Waals surface area contributed by atoms with Crippen LogP contribution < -0.4 is 11.1 Å².